The molecule has 268 valence electrons. The molecule has 0 N–H and O–H groups in total. The summed E-state index contributed by atoms with van der Waals surface area (Å²) in [6.45, 7) is 5.52. The summed E-state index contributed by atoms with van der Waals surface area (Å²) in [5, 5.41) is 0.646. The Labute approximate surface area is 305 Å². The van der Waals surface area contributed by atoms with Crippen LogP contribution in [0.5, 0.6) is 5.75 Å². The highest BCUT2D eigenvalue weighted by Crippen LogP contribution is 2.33. The molecule has 1 aliphatic carbocycles. The van der Waals surface area contributed by atoms with Gasteiger partial charge < -0.3 is 19.3 Å². The zero-order chi connectivity index (χ0) is 35.4. The lowest BCUT2D eigenvalue weighted by molar-refractivity contribution is -0.135. The lowest BCUT2D eigenvalue weighted by Crippen LogP contribution is -2.45. The van der Waals surface area contributed by atoms with Gasteiger partial charge in [-0.05, 0) is 91.3 Å². The molecular formula is C42H47ClFN3O4. The molecule has 1 heterocycles. The van der Waals surface area contributed by atoms with Crippen LogP contribution in [0.4, 0.5) is 10.1 Å². The summed E-state index contributed by atoms with van der Waals surface area (Å²) in [5.41, 5.74) is 3.28. The zero-order valence-corrected chi connectivity index (χ0v) is 29.9. The van der Waals surface area contributed by atoms with Gasteiger partial charge in [0.2, 0.25) is 5.91 Å². The number of carbonyl (C=O) groups is 2. The standard InChI is InChI=1S/C42H47ClFN3O4/c43-36-11-4-9-33(27-36)30-46(41(48)20-15-32-7-2-1-3-8-32)38-12-5-10-34(28-38)31-47(42(49)35-16-18-37(44)19-17-35)39-13-6-14-40(29-39)51-26-23-45-21-24-50-25-22-45/h1-4,6-9,11,13-14,16-19,27,29,34,38H,5,10,12,15,20-26,28,30-31H2. The third-order valence-corrected chi connectivity index (χ3v) is 10.1. The van der Waals surface area contributed by atoms with E-state index in [2.05, 4.69) is 17.0 Å². The number of anilines is 1. The highest BCUT2D eigenvalue weighted by atomic mass is 35.5. The molecule has 0 aromatic heterocycles. The molecule has 2 fully saturated rings. The van der Waals surface area contributed by atoms with Gasteiger partial charge in [-0.2, -0.15) is 0 Å². The molecule has 2 unspecified atom stereocenters. The minimum atomic E-state index is -0.388. The molecule has 7 nitrogen and oxygen atoms in total. The minimum Gasteiger partial charge on any atom is -0.492 e. The normalized spacial score (nSPS) is 17.8. The van der Waals surface area contributed by atoms with Crippen molar-refractivity contribution in [3.8, 4) is 5.75 Å². The van der Waals surface area contributed by atoms with Crippen molar-refractivity contribution in [2.45, 2.75) is 51.1 Å². The summed E-state index contributed by atoms with van der Waals surface area (Å²) in [5.74, 6) is 0.363. The Morgan fingerprint density at radius 2 is 1.65 bits per heavy atom. The largest absolute Gasteiger partial charge is 0.492 e. The van der Waals surface area contributed by atoms with Crippen LogP contribution in [0.15, 0.2) is 103 Å². The van der Waals surface area contributed by atoms with E-state index in [1.807, 2.05) is 71.6 Å². The SMILES string of the molecule is O=C(c1ccc(F)cc1)N(CC1CCCC(N(Cc2cccc(Cl)c2)C(=O)CCc2ccccc2)C1)c1cccc(OCCN2CCOCC2)c1. The number of rotatable bonds is 14. The van der Waals surface area contributed by atoms with Crippen molar-refractivity contribution in [3.05, 3.63) is 131 Å². The van der Waals surface area contributed by atoms with Crippen LogP contribution in [0.3, 0.4) is 0 Å². The first-order valence-corrected chi connectivity index (χ1v) is 18.5. The number of hydrogen-bond donors (Lipinski definition) is 0. The van der Waals surface area contributed by atoms with Crippen molar-refractivity contribution in [1.29, 1.82) is 0 Å². The molecule has 1 saturated carbocycles. The lowest BCUT2D eigenvalue weighted by Gasteiger charge is -2.39. The first kappa shape index (κ1) is 36.5. The molecule has 4 aromatic rings. The second-order valence-corrected chi connectivity index (χ2v) is 14.0. The Balaban J connectivity index is 1.20. The Bertz CT molecular complexity index is 1720. The summed E-state index contributed by atoms with van der Waals surface area (Å²) >= 11 is 6.36. The fraction of sp³-hybridized carbons (Fsp3) is 0.381. The molecule has 9 heteroatoms. The van der Waals surface area contributed by atoms with Gasteiger partial charge >= 0.3 is 0 Å². The Morgan fingerprint density at radius 3 is 2.43 bits per heavy atom. The molecule has 51 heavy (non-hydrogen) atoms. The molecule has 0 spiro atoms. The van der Waals surface area contributed by atoms with Crippen LogP contribution in [-0.2, 0) is 22.5 Å². The fourth-order valence-corrected chi connectivity index (χ4v) is 7.39. The van der Waals surface area contributed by atoms with Crippen LogP contribution in [0, 0.1) is 11.7 Å². The van der Waals surface area contributed by atoms with Crippen molar-refractivity contribution >= 4 is 29.1 Å². The topological polar surface area (TPSA) is 62.3 Å². The molecule has 2 aliphatic rings. The molecule has 0 radical (unpaired) electrons. The van der Waals surface area contributed by atoms with Gasteiger partial charge in [0.1, 0.15) is 18.2 Å². The molecule has 1 saturated heterocycles. The average molecular weight is 712 g/mol. The van der Waals surface area contributed by atoms with Crippen LogP contribution < -0.4 is 9.64 Å². The first-order valence-electron chi connectivity index (χ1n) is 18.1. The molecule has 1 aliphatic heterocycles. The number of ether oxygens (including phenoxy) is 2. The predicted octanol–water partition coefficient (Wildman–Crippen LogP) is 8.06. The summed E-state index contributed by atoms with van der Waals surface area (Å²) in [6, 6.07) is 31.2. The second kappa shape index (κ2) is 18.3. The maximum absolute atomic E-state index is 14.1. The van der Waals surface area contributed by atoms with Gasteiger partial charge in [-0.25, -0.2) is 4.39 Å². The van der Waals surface area contributed by atoms with Crippen molar-refractivity contribution in [2.75, 3.05) is 50.9 Å². The van der Waals surface area contributed by atoms with Crippen LogP contribution in [0.1, 0.15) is 53.6 Å². The maximum Gasteiger partial charge on any atom is 0.258 e. The van der Waals surface area contributed by atoms with E-state index in [9.17, 15) is 14.0 Å². The highest BCUT2D eigenvalue weighted by Gasteiger charge is 2.32. The van der Waals surface area contributed by atoms with Crippen molar-refractivity contribution < 1.29 is 23.5 Å². The third kappa shape index (κ3) is 10.6. The first-order chi connectivity index (χ1) is 24.9. The van der Waals surface area contributed by atoms with E-state index in [0.29, 0.717) is 48.9 Å². The summed E-state index contributed by atoms with van der Waals surface area (Å²) < 4.78 is 25.5. The summed E-state index contributed by atoms with van der Waals surface area (Å²) in [7, 11) is 0. The lowest BCUT2D eigenvalue weighted by atomic mass is 9.84. The van der Waals surface area contributed by atoms with Crippen molar-refractivity contribution in [2.24, 2.45) is 5.92 Å². The monoisotopic (exact) mass is 711 g/mol. The van der Waals surface area contributed by atoms with Gasteiger partial charge in [-0.15, -0.1) is 0 Å². The smallest absolute Gasteiger partial charge is 0.258 e. The molecular weight excluding hydrogens is 665 g/mol. The zero-order valence-electron chi connectivity index (χ0n) is 29.1. The number of benzene rings is 4. The quantitative estimate of drug-likeness (QED) is 0.133. The number of hydrogen-bond acceptors (Lipinski definition) is 5. The Hall–Kier alpha value is -4.24. The minimum absolute atomic E-state index is 0.0173. The molecule has 6 rings (SSSR count). The maximum atomic E-state index is 14.1. The van der Waals surface area contributed by atoms with Crippen LogP contribution in [0.25, 0.3) is 0 Å². The molecule has 2 amide bonds. The van der Waals surface area contributed by atoms with Crippen LogP contribution >= 0.6 is 11.6 Å². The van der Waals surface area contributed by atoms with E-state index in [-0.39, 0.29) is 29.6 Å². The third-order valence-electron chi connectivity index (χ3n) is 9.91. The number of amides is 2. The second-order valence-electron chi connectivity index (χ2n) is 13.5. The van der Waals surface area contributed by atoms with Crippen molar-refractivity contribution in [3.63, 3.8) is 0 Å². The highest BCUT2D eigenvalue weighted by molar-refractivity contribution is 6.30. The van der Waals surface area contributed by atoms with E-state index in [1.54, 1.807) is 4.90 Å². The van der Waals surface area contributed by atoms with Crippen LogP contribution in [0.2, 0.25) is 5.02 Å². The number of morpholine rings is 1. The predicted molar refractivity (Wildman–Crippen MR) is 200 cm³/mol. The van der Waals surface area contributed by atoms with Gasteiger partial charge in [0.05, 0.1) is 13.2 Å². The Morgan fingerprint density at radius 1 is 0.882 bits per heavy atom. The average Bonchev–Trinajstić information content (AvgIpc) is 3.16. The van der Waals surface area contributed by atoms with E-state index < -0.39 is 0 Å². The number of halogens is 2. The number of nitrogens with zero attached hydrogens (tertiary/aromatic N) is 3. The van der Waals surface area contributed by atoms with E-state index in [1.165, 1.54) is 24.3 Å². The van der Waals surface area contributed by atoms with Gasteiger partial charge in [-0.1, -0.05) is 66.6 Å². The van der Waals surface area contributed by atoms with E-state index in [4.69, 9.17) is 21.1 Å². The van der Waals surface area contributed by atoms with E-state index >= 15 is 0 Å². The molecule has 0 bridgehead atoms. The van der Waals surface area contributed by atoms with Gasteiger partial charge in [0.25, 0.3) is 5.91 Å². The van der Waals surface area contributed by atoms with Gasteiger partial charge in [-0.3, -0.25) is 14.5 Å². The Kier molecular flexibility index (Phi) is 13.1. The number of carbonyl (C=O) groups excluding carboxylic acids is 2. The summed E-state index contributed by atoms with van der Waals surface area (Å²) in [6.07, 6.45) is 4.62. The fourth-order valence-electron chi connectivity index (χ4n) is 7.17. The van der Waals surface area contributed by atoms with Crippen LogP contribution in [-0.4, -0.2) is 73.7 Å². The summed E-state index contributed by atoms with van der Waals surface area (Å²) in [4.78, 5) is 34.3. The van der Waals surface area contributed by atoms with Gasteiger partial charge in [0.15, 0.2) is 0 Å². The molecule has 4 aromatic carbocycles. The van der Waals surface area contributed by atoms with Crippen molar-refractivity contribution in [1.82, 2.24) is 9.80 Å². The van der Waals surface area contributed by atoms with Gasteiger partial charge in [0, 0.05) is 67.5 Å². The van der Waals surface area contributed by atoms with E-state index in [0.717, 1.165) is 75.3 Å². The molecule has 2 atom stereocenters. The number of aryl methyl sites for hydroxylation is 1.